The van der Waals surface area contributed by atoms with Gasteiger partial charge in [0.2, 0.25) is 11.8 Å². The van der Waals surface area contributed by atoms with Crippen molar-refractivity contribution in [2.75, 3.05) is 12.0 Å². The number of aromatic hydroxyl groups is 1. The molecule has 1 fully saturated rings. The molecule has 10 heteroatoms. The number of halogens is 1. The number of imide groups is 1. The van der Waals surface area contributed by atoms with Crippen molar-refractivity contribution in [3.63, 3.8) is 0 Å². The molecule has 4 aliphatic rings. The van der Waals surface area contributed by atoms with Crippen LogP contribution in [0.25, 0.3) is 0 Å². The Labute approximate surface area is 248 Å². The summed E-state index contributed by atoms with van der Waals surface area (Å²) in [5.74, 6) is -5.14. The van der Waals surface area contributed by atoms with Gasteiger partial charge in [-0.15, -0.1) is 0 Å². The average Bonchev–Trinajstić information content (AvgIpc) is 3.21. The third kappa shape index (κ3) is 4.06. The Balaban J connectivity index is 1.49. The summed E-state index contributed by atoms with van der Waals surface area (Å²) in [5, 5.41) is 19.9. The summed E-state index contributed by atoms with van der Waals surface area (Å²) >= 11 is 1.97. The predicted molar refractivity (Wildman–Crippen MR) is 155 cm³/mol. The summed E-state index contributed by atoms with van der Waals surface area (Å²) in [5.41, 5.74) is 2.51. The maximum Gasteiger partial charge on any atom is 0.335 e. The van der Waals surface area contributed by atoms with Crippen molar-refractivity contribution >= 4 is 57.6 Å². The van der Waals surface area contributed by atoms with Gasteiger partial charge in [0.25, 0.3) is 0 Å². The highest BCUT2D eigenvalue weighted by atomic mass is 127. The fourth-order valence-electron chi connectivity index (χ4n) is 6.71. The molecule has 41 heavy (non-hydrogen) atoms. The molecule has 2 aromatic carbocycles. The predicted octanol–water partition coefficient (Wildman–Crippen LogP) is 4.34. The van der Waals surface area contributed by atoms with E-state index in [2.05, 4.69) is 0 Å². The van der Waals surface area contributed by atoms with Gasteiger partial charge in [0, 0.05) is 22.6 Å². The van der Waals surface area contributed by atoms with Gasteiger partial charge in [-0.25, -0.2) is 4.79 Å². The van der Waals surface area contributed by atoms with E-state index in [1.54, 1.807) is 19.1 Å². The number of methoxy groups -OCH3 is 1. The molecule has 0 bridgehead atoms. The average molecular weight is 665 g/mol. The fraction of sp³-hybridized carbons (Fsp3) is 0.258. The zero-order valence-corrected chi connectivity index (χ0v) is 24.2. The van der Waals surface area contributed by atoms with E-state index in [1.807, 2.05) is 28.7 Å². The molecular weight excluding hydrogens is 641 g/mol. The Bertz CT molecular complexity index is 1700. The second kappa shape index (κ2) is 9.79. The molecule has 9 nitrogen and oxygen atoms in total. The normalized spacial score (nSPS) is 25.4. The molecule has 0 aromatic heterocycles. The van der Waals surface area contributed by atoms with E-state index in [9.17, 15) is 34.2 Å². The first-order chi connectivity index (χ1) is 19.5. The summed E-state index contributed by atoms with van der Waals surface area (Å²) in [6.45, 7) is 1.59. The lowest BCUT2D eigenvalue weighted by molar-refractivity contribution is -0.123. The molecule has 0 spiro atoms. The lowest BCUT2D eigenvalue weighted by Gasteiger charge is -2.42. The number of hydrogen-bond acceptors (Lipinski definition) is 7. The first-order valence-corrected chi connectivity index (χ1v) is 14.1. The van der Waals surface area contributed by atoms with E-state index in [-0.39, 0.29) is 47.2 Å². The maximum atomic E-state index is 14.0. The van der Waals surface area contributed by atoms with Crippen molar-refractivity contribution in [3.8, 4) is 11.5 Å². The topological polar surface area (TPSA) is 138 Å². The minimum Gasteiger partial charge on any atom is -0.504 e. The first kappa shape index (κ1) is 27.1. The summed E-state index contributed by atoms with van der Waals surface area (Å²) in [7, 11) is 1.42. The minimum atomic E-state index is -1.18. The zero-order chi connectivity index (χ0) is 29.3. The van der Waals surface area contributed by atoms with Crippen LogP contribution < -0.4 is 9.64 Å². The van der Waals surface area contributed by atoms with Gasteiger partial charge < -0.3 is 14.9 Å². The number of carboxylic acids is 1. The van der Waals surface area contributed by atoms with Gasteiger partial charge in [0.1, 0.15) is 0 Å². The van der Waals surface area contributed by atoms with Crippen LogP contribution in [-0.2, 0) is 19.2 Å². The van der Waals surface area contributed by atoms with Gasteiger partial charge in [0.05, 0.1) is 33.8 Å². The lowest BCUT2D eigenvalue weighted by atomic mass is 9.59. The van der Waals surface area contributed by atoms with Crippen LogP contribution in [0.3, 0.4) is 0 Å². The molecule has 2 aromatic rings. The van der Waals surface area contributed by atoms with Crippen LogP contribution in [0.15, 0.2) is 70.8 Å². The minimum absolute atomic E-state index is 0.0474. The van der Waals surface area contributed by atoms with E-state index in [0.29, 0.717) is 25.9 Å². The van der Waals surface area contributed by atoms with E-state index in [1.165, 1.54) is 37.5 Å². The van der Waals surface area contributed by atoms with Crippen molar-refractivity contribution in [1.29, 1.82) is 0 Å². The van der Waals surface area contributed by atoms with Crippen molar-refractivity contribution in [3.05, 3.63) is 85.5 Å². The molecule has 1 aliphatic heterocycles. The highest BCUT2D eigenvalue weighted by Gasteiger charge is 2.56. The van der Waals surface area contributed by atoms with Gasteiger partial charge in [-0.3, -0.25) is 24.1 Å². The Morgan fingerprint density at radius 1 is 1.07 bits per heavy atom. The fourth-order valence-corrected chi connectivity index (χ4v) is 7.34. The van der Waals surface area contributed by atoms with E-state index >= 15 is 0 Å². The monoisotopic (exact) mass is 665 g/mol. The number of hydrogen-bond donors (Lipinski definition) is 2. The van der Waals surface area contributed by atoms with Gasteiger partial charge >= 0.3 is 5.97 Å². The van der Waals surface area contributed by atoms with Crippen molar-refractivity contribution in [2.24, 2.45) is 17.8 Å². The number of ketones is 2. The number of nitrogens with zero attached hydrogens (tertiary/aromatic N) is 1. The molecule has 2 N–H and O–H groups in total. The number of amides is 2. The molecule has 1 saturated heterocycles. The van der Waals surface area contributed by atoms with E-state index in [4.69, 9.17) is 4.74 Å². The molecular formula is C31H24INO8. The van der Waals surface area contributed by atoms with Crippen molar-refractivity contribution in [2.45, 2.75) is 25.7 Å². The number of aromatic carboxylic acids is 1. The Morgan fingerprint density at radius 2 is 1.83 bits per heavy atom. The van der Waals surface area contributed by atoms with Crippen LogP contribution in [0, 0.1) is 21.3 Å². The van der Waals surface area contributed by atoms with Gasteiger partial charge in [-0.2, -0.15) is 0 Å². The highest BCUT2D eigenvalue weighted by molar-refractivity contribution is 14.1. The smallest absolute Gasteiger partial charge is 0.335 e. The van der Waals surface area contributed by atoms with Crippen LogP contribution >= 0.6 is 22.6 Å². The molecule has 6 rings (SSSR count). The number of phenols is 1. The van der Waals surface area contributed by atoms with E-state index in [0.717, 1.165) is 10.5 Å². The first-order valence-electron chi connectivity index (χ1n) is 13.0. The molecule has 1 heterocycles. The summed E-state index contributed by atoms with van der Waals surface area (Å²) in [6, 6.07) is 9.07. The number of anilines is 1. The molecule has 4 atom stereocenters. The SMILES string of the molecule is COc1cc([C@H]2C3=CC[C@@H]4C(=O)N(c5cccc(C(=O)O)c5)C(=O)[C@@H]4[C@@H]3CC3=C2C(=O)C=C(C)C3=O)cc(I)c1O. The van der Waals surface area contributed by atoms with Crippen LogP contribution in [0.4, 0.5) is 5.69 Å². The molecule has 0 radical (unpaired) electrons. The van der Waals surface area contributed by atoms with Crippen LogP contribution in [0.1, 0.15) is 41.6 Å². The summed E-state index contributed by atoms with van der Waals surface area (Å²) in [6.07, 6.45) is 3.62. The van der Waals surface area contributed by atoms with E-state index < -0.39 is 41.5 Å². The highest BCUT2D eigenvalue weighted by Crippen LogP contribution is 2.56. The number of carbonyl (C=O) groups excluding carboxylic acids is 4. The van der Waals surface area contributed by atoms with Crippen molar-refractivity contribution < 1.29 is 38.9 Å². The molecule has 0 saturated carbocycles. The number of carbonyl (C=O) groups is 5. The maximum absolute atomic E-state index is 14.0. The Kier molecular flexibility index (Phi) is 6.48. The number of Topliss-reactive ketones (excluding diaryl/α,β-unsaturated/α-hetero) is 1. The summed E-state index contributed by atoms with van der Waals surface area (Å²) in [4.78, 5) is 67.1. The van der Waals surface area contributed by atoms with Gasteiger partial charge in [0.15, 0.2) is 23.1 Å². The number of benzene rings is 2. The third-order valence-electron chi connectivity index (χ3n) is 8.52. The van der Waals surface area contributed by atoms with Crippen LogP contribution in [-0.4, -0.2) is 46.7 Å². The van der Waals surface area contributed by atoms with Gasteiger partial charge in [-0.1, -0.05) is 17.7 Å². The third-order valence-corrected chi connectivity index (χ3v) is 9.34. The van der Waals surface area contributed by atoms with Crippen LogP contribution in [0.2, 0.25) is 0 Å². The molecule has 2 amide bonds. The molecule has 3 aliphatic carbocycles. The molecule has 0 unspecified atom stereocenters. The second-order valence-corrected chi connectivity index (χ2v) is 11.8. The number of phenolic OH excluding ortho intramolecular Hbond substituents is 1. The zero-order valence-electron chi connectivity index (χ0n) is 22.0. The lowest BCUT2D eigenvalue weighted by Crippen LogP contribution is -2.39. The quantitative estimate of drug-likeness (QED) is 0.213. The number of allylic oxidation sites excluding steroid dienone is 6. The standard InChI is InChI=1S/C31H24INO8/c1-13-8-22(34)26-20(27(13)35)12-19-17(24(26)15-10-21(32)28(36)23(11-15)41-2)6-7-18-25(19)30(38)33(29(18)37)16-5-3-4-14(9-16)31(39)40/h3-6,8-11,18-19,24-25,36H,7,12H2,1-2H3,(H,39,40)/t18-,19+,24-,25-/m0/s1. The Hall–Kier alpha value is -4.06. The Morgan fingerprint density at radius 3 is 2.54 bits per heavy atom. The van der Waals surface area contributed by atoms with Crippen molar-refractivity contribution in [1.82, 2.24) is 0 Å². The van der Waals surface area contributed by atoms with Gasteiger partial charge in [-0.05, 0) is 90.2 Å². The molecule has 208 valence electrons. The number of rotatable bonds is 4. The number of carboxylic acid groups (broad SMARTS) is 1. The largest absolute Gasteiger partial charge is 0.504 e. The number of ether oxygens (including phenoxy) is 1. The van der Waals surface area contributed by atoms with Crippen LogP contribution in [0.5, 0.6) is 11.5 Å². The second-order valence-electron chi connectivity index (χ2n) is 10.6. The number of fused-ring (bicyclic) bond motifs is 3. The summed E-state index contributed by atoms with van der Waals surface area (Å²) < 4.78 is 5.88.